The number of nitrogens with zero attached hydrogens (tertiary/aromatic N) is 1. The predicted octanol–water partition coefficient (Wildman–Crippen LogP) is 3.87. The summed E-state index contributed by atoms with van der Waals surface area (Å²) in [6.07, 6.45) is 7.77. The number of halogens is 1. The molecule has 0 bridgehead atoms. The highest BCUT2D eigenvalue weighted by Gasteiger charge is 2.39. The Morgan fingerprint density at radius 2 is 0.771 bits per heavy atom. The maximum Gasteiger partial charge on any atom is 0.109 e. The summed E-state index contributed by atoms with van der Waals surface area (Å²) in [6, 6.07) is 46.9. The van der Waals surface area contributed by atoms with Crippen molar-refractivity contribution in [2.45, 2.75) is 0 Å². The fourth-order valence-corrected chi connectivity index (χ4v) is 7.06. The van der Waals surface area contributed by atoms with E-state index in [0.29, 0.717) is 0 Å². The first kappa shape index (κ1) is 26.5. The number of benzene rings is 4. The molecule has 0 saturated heterocycles. The largest absolute Gasteiger partial charge is 1.00 e. The highest BCUT2D eigenvalue weighted by atomic mass is 127. The molecule has 0 saturated carbocycles. The lowest BCUT2D eigenvalue weighted by molar-refractivity contribution is -0.00000663. The molecule has 3 heteroatoms. The molecule has 174 valence electrons. The van der Waals surface area contributed by atoms with Crippen LogP contribution in [0.2, 0.25) is 0 Å². The summed E-state index contributed by atoms with van der Waals surface area (Å²) < 4.78 is 0. The van der Waals surface area contributed by atoms with E-state index in [2.05, 4.69) is 127 Å². The van der Waals surface area contributed by atoms with E-state index < -0.39 is 7.26 Å². The molecule has 0 spiro atoms. The average molecular weight is 585 g/mol. The molecule has 35 heavy (non-hydrogen) atoms. The van der Waals surface area contributed by atoms with Crippen molar-refractivity contribution in [3.63, 3.8) is 0 Å². The van der Waals surface area contributed by atoms with Crippen LogP contribution in [0.1, 0.15) is 11.1 Å². The standard InChI is InChI=1S/C19H18P.C13H11N.HI/c1-20(17-11-5-2-6-12-17,18-13-7-3-8-14-18)19-15-9-4-10-16-19;1-2-4-12(5-3-1)6-7-13-8-10-14-11-9-13;/h2-16H,1H3;1-11H;1H/q+1;;/p-1. The van der Waals surface area contributed by atoms with Gasteiger partial charge in [-0.1, -0.05) is 97.1 Å². The van der Waals surface area contributed by atoms with Crippen LogP contribution in [-0.4, -0.2) is 11.6 Å². The Bertz CT molecular complexity index is 1140. The Labute approximate surface area is 227 Å². The summed E-state index contributed by atoms with van der Waals surface area (Å²) in [5, 5.41) is 4.28. The molecule has 0 aliphatic heterocycles. The van der Waals surface area contributed by atoms with Crippen molar-refractivity contribution in [2.75, 3.05) is 6.66 Å². The van der Waals surface area contributed by atoms with E-state index in [9.17, 15) is 0 Å². The highest BCUT2D eigenvalue weighted by molar-refractivity contribution is 7.95. The van der Waals surface area contributed by atoms with Crippen LogP contribution in [-0.2, 0) is 0 Å². The second kappa shape index (κ2) is 13.7. The summed E-state index contributed by atoms with van der Waals surface area (Å²) in [5.41, 5.74) is 2.38. The van der Waals surface area contributed by atoms with Crippen LogP contribution in [0.3, 0.4) is 0 Å². The molecule has 0 aliphatic carbocycles. The zero-order valence-corrected chi connectivity index (χ0v) is 22.8. The van der Waals surface area contributed by atoms with Gasteiger partial charge in [0.2, 0.25) is 0 Å². The van der Waals surface area contributed by atoms with Gasteiger partial charge in [-0.05, 0) is 59.7 Å². The first-order chi connectivity index (χ1) is 16.8. The molecule has 0 atom stereocenters. The second-order valence-corrected chi connectivity index (χ2v) is 11.6. The van der Waals surface area contributed by atoms with Crippen molar-refractivity contribution >= 4 is 35.3 Å². The molecule has 0 amide bonds. The van der Waals surface area contributed by atoms with E-state index in [1.165, 1.54) is 27.0 Å². The number of hydrogen-bond acceptors (Lipinski definition) is 1. The van der Waals surface area contributed by atoms with E-state index in [1.807, 2.05) is 30.3 Å². The summed E-state index contributed by atoms with van der Waals surface area (Å²) in [7, 11) is -1.53. The van der Waals surface area contributed by atoms with Crippen LogP contribution in [0.4, 0.5) is 0 Å². The molecule has 5 aromatic rings. The van der Waals surface area contributed by atoms with E-state index in [0.717, 1.165) is 0 Å². The van der Waals surface area contributed by atoms with Crippen molar-refractivity contribution in [3.8, 4) is 0 Å². The quantitative estimate of drug-likeness (QED) is 0.226. The minimum absolute atomic E-state index is 0. The fraction of sp³-hybridized carbons (Fsp3) is 0.0312. The van der Waals surface area contributed by atoms with Gasteiger partial charge in [-0.15, -0.1) is 0 Å². The molecule has 5 rings (SSSR count). The monoisotopic (exact) mass is 585 g/mol. The van der Waals surface area contributed by atoms with Gasteiger partial charge in [0.05, 0.1) is 6.66 Å². The Morgan fingerprint density at radius 1 is 0.457 bits per heavy atom. The minimum Gasteiger partial charge on any atom is -1.00 e. The maximum atomic E-state index is 3.97. The lowest BCUT2D eigenvalue weighted by atomic mass is 10.2. The molecule has 0 aliphatic rings. The van der Waals surface area contributed by atoms with Gasteiger partial charge in [-0.3, -0.25) is 4.98 Å². The summed E-state index contributed by atoms with van der Waals surface area (Å²) in [6.45, 7) is 2.41. The summed E-state index contributed by atoms with van der Waals surface area (Å²) in [5.74, 6) is 0. The van der Waals surface area contributed by atoms with Crippen LogP contribution in [0.15, 0.2) is 146 Å². The zero-order chi connectivity index (χ0) is 23.5. The molecule has 1 nitrogen and oxygen atoms in total. The maximum absolute atomic E-state index is 3.97. The average Bonchev–Trinajstić information content (AvgIpc) is 2.94. The van der Waals surface area contributed by atoms with Crippen LogP contribution < -0.4 is 39.9 Å². The Balaban J connectivity index is 0.000000202. The van der Waals surface area contributed by atoms with Gasteiger partial charge in [-0.2, -0.15) is 0 Å². The van der Waals surface area contributed by atoms with E-state index >= 15 is 0 Å². The fourth-order valence-electron chi connectivity index (χ4n) is 3.86. The van der Waals surface area contributed by atoms with Gasteiger partial charge in [0.15, 0.2) is 0 Å². The molecule has 0 radical (unpaired) electrons. The van der Waals surface area contributed by atoms with Crippen molar-refractivity contribution in [2.24, 2.45) is 0 Å². The molecule has 0 unspecified atom stereocenters. The Kier molecular flexibility index (Phi) is 10.4. The third kappa shape index (κ3) is 7.21. The SMILES string of the molecule is C(=Cc1ccncc1)c1ccccc1.C[P+](c1ccccc1)(c1ccccc1)c1ccccc1.[I-]. The number of hydrogen-bond donors (Lipinski definition) is 0. The number of pyridine rings is 1. The number of aromatic nitrogens is 1. The van der Waals surface area contributed by atoms with Gasteiger partial charge in [0.25, 0.3) is 0 Å². The van der Waals surface area contributed by atoms with Crippen LogP contribution in [0, 0.1) is 0 Å². The van der Waals surface area contributed by atoms with Gasteiger partial charge in [-0.25, -0.2) is 0 Å². The van der Waals surface area contributed by atoms with Gasteiger partial charge >= 0.3 is 0 Å². The minimum atomic E-state index is -1.53. The van der Waals surface area contributed by atoms with Crippen molar-refractivity contribution in [1.29, 1.82) is 0 Å². The molecule has 0 fully saturated rings. The first-order valence-corrected chi connectivity index (χ1v) is 13.7. The predicted molar refractivity (Wildman–Crippen MR) is 151 cm³/mol. The van der Waals surface area contributed by atoms with Crippen LogP contribution >= 0.6 is 7.26 Å². The topological polar surface area (TPSA) is 12.9 Å². The molecule has 4 aromatic carbocycles. The van der Waals surface area contributed by atoms with Gasteiger partial charge < -0.3 is 24.0 Å². The first-order valence-electron chi connectivity index (χ1n) is 11.4. The van der Waals surface area contributed by atoms with Gasteiger partial charge in [0.1, 0.15) is 23.2 Å². The van der Waals surface area contributed by atoms with E-state index in [1.54, 1.807) is 12.4 Å². The molecular formula is C32H29INP. The molecule has 1 heterocycles. The van der Waals surface area contributed by atoms with Crippen molar-refractivity contribution in [1.82, 2.24) is 4.98 Å². The number of rotatable bonds is 5. The van der Waals surface area contributed by atoms with Crippen molar-refractivity contribution in [3.05, 3.63) is 157 Å². The lowest BCUT2D eigenvalue weighted by Crippen LogP contribution is -3.00. The molecular weight excluding hydrogens is 556 g/mol. The Hall–Kier alpha value is -3.07. The van der Waals surface area contributed by atoms with Gasteiger partial charge in [0, 0.05) is 12.4 Å². The lowest BCUT2D eigenvalue weighted by Gasteiger charge is -2.22. The van der Waals surface area contributed by atoms with Crippen LogP contribution in [0.25, 0.3) is 12.2 Å². The zero-order valence-electron chi connectivity index (χ0n) is 19.8. The summed E-state index contributed by atoms with van der Waals surface area (Å²) >= 11 is 0. The van der Waals surface area contributed by atoms with E-state index in [4.69, 9.17) is 0 Å². The smallest absolute Gasteiger partial charge is 0.109 e. The normalized spacial score (nSPS) is 10.7. The van der Waals surface area contributed by atoms with Crippen molar-refractivity contribution < 1.29 is 24.0 Å². The molecule has 1 aromatic heterocycles. The third-order valence-electron chi connectivity index (χ3n) is 5.79. The Morgan fingerprint density at radius 3 is 1.14 bits per heavy atom. The summed E-state index contributed by atoms with van der Waals surface area (Å²) in [4.78, 5) is 3.97. The van der Waals surface area contributed by atoms with Crippen LogP contribution in [0.5, 0.6) is 0 Å². The molecule has 0 N–H and O–H groups in total. The second-order valence-electron chi connectivity index (χ2n) is 8.04. The third-order valence-corrected chi connectivity index (χ3v) is 9.78. The highest BCUT2D eigenvalue weighted by Crippen LogP contribution is 2.51. The van der Waals surface area contributed by atoms with E-state index in [-0.39, 0.29) is 24.0 Å².